The van der Waals surface area contributed by atoms with Gasteiger partial charge in [-0.2, -0.15) is 15.3 Å². The maximum absolute atomic E-state index is 12.4. The molecule has 0 bridgehead atoms. The number of ether oxygens (including phenoxy) is 1. The van der Waals surface area contributed by atoms with Crippen molar-refractivity contribution in [3.05, 3.63) is 144 Å². The summed E-state index contributed by atoms with van der Waals surface area (Å²) in [6, 6.07) is 24.6. The van der Waals surface area contributed by atoms with Crippen LogP contribution in [0.15, 0.2) is 110 Å². The van der Waals surface area contributed by atoms with Crippen molar-refractivity contribution >= 4 is 11.9 Å². The Balaban J connectivity index is 0.000000143. The van der Waals surface area contributed by atoms with Crippen molar-refractivity contribution in [1.29, 1.82) is 0 Å². The molecule has 0 aliphatic carbocycles. The third kappa shape index (κ3) is 13.1. The molecular weight excluding hydrogens is 877 g/mol. The van der Waals surface area contributed by atoms with Crippen LogP contribution in [0.4, 0.5) is 10.6 Å². The van der Waals surface area contributed by atoms with Crippen molar-refractivity contribution in [2.45, 2.75) is 103 Å². The maximum atomic E-state index is 12.4. The topological polar surface area (TPSA) is 187 Å². The number of amides is 1. The van der Waals surface area contributed by atoms with E-state index in [0.29, 0.717) is 24.8 Å². The molecule has 3 aliphatic heterocycles. The molecule has 3 atom stereocenters. The first-order valence-corrected chi connectivity index (χ1v) is 24.5. The van der Waals surface area contributed by atoms with Gasteiger partial charge in [0, 0.05) is 79.6 Å². The van der Waals surface area contributed by atoms with Crippen LogP contribution in [-0.2, 0) is 4.74 Å². The van der Waals surface area contributed by atoms with E-state index in [1.54, 1.807) is 35.9 Å². The van der Waals surface area contributed by atoms with Gasteiger partial charge in [-0.15, -0.1) is 15.3 Å². The van der Waals surface area contributed by atoms with Gasteiger partial charge in [-0.3, -0.25) is 4.98 Å². The largest absolute Gasteiger partial charge is 0.444 e. The molecule has 362 valence electrons. The highest BCUT2D eigenvalue weighted by molar-refractivity contribution is 5.68. The Morgan fingerprint density at radius 3 is 1.56 bits per heavy atom. The third-order valence-corrected chi connectivity index (χ3v) is 12.7. The molecule has 4 aromatic heterocycles. The third-order valence-electron chi connectivity index (χ3n) is 12.7. The molecule has 10 rings (SSSR count). The van der Waals surface area contributed by atoms with E-state index in [1.165, 1.54) is 17.5 Å². The van der Waals surface area contributed by atoms with Crippen molar-refractivity contribution in [2.75, 3.05) is 44.2 Å². The molecule has 7 heterocycles. The van der Waals surface area contributed by atoms with Crippen molar-refractivity contribution in [2.24, 2.45) is 0 Å². The molecule has 1 amide bonds. The van der Waals surface area contributed by atoms with Crippen LogP contribution in [0.25, 0.3) is 33.8 Å². The number of piperidine rings is 3. The minimum Gasteiger partial charge on any atom is -0.444 e. The number of aromatic nitrogens is 11. The highest BCUT2D eigenvalue weighted by Crippen LogP contribution is 2.30. The smallest absolute Gasteiger partial charge is 0.410 e. The first-order valence-electron chi connectivity index (χ1n) is 24.5. The highest BCUT2D eigenvalue weighted by atomic mass is 16.6. The average molecular weight is 941 g/mol. The second kappa shape index (κ2) is 23.4. The first kappa shape index (κ1) is 49.2. The Morgan fingerprint density at radius 2 is 1.09 bits per heavy atom. The van der Waals surface area contributed by atoms with E-state index >= 15 is 0 Å². The van der Waals surface area contributed by atoms with E-state index in [2.05, 4.69) is 102 Å². The van der Waals surface area contributed by atoms with Crippen molar-refractivity contribution in [3.63, 3.8) is 0 Å². The standard InChI is InChI=1S/C20H26N4O2.C19H20N6.C15H18N4/c1-14-8-5-6-10-16(14)17-12-21-23-18(22-17)15-9-7-11-24(13-15)19(25)26-20(2,3)4;1-14-5-2-3-7-16(14)17-11-22-24-19(23-17)15-6-4-10-25(13-15)18-12-20-8-9-21-18;1-11-5-2-3-7-13(11)14-10-17-19-15(18-14)12-6-4-8-16-9-12/h5-6,8,10,12,15H,7,9,11,13H2,1-4H3;2-3,5,7-9,11-12,15H,4,6,10,13H2,1H3;2-3,5,7,10,12,16H,4,6,8-9H2,1H3. The molecule has 3 saturated heterocycles. The van der Waals surface area contributed by atoms with Gasteiger partial charge in [0.1, 0.15) is 11.4 Å². The van der Waals surface area contributed by atoms with Crippen LogP contribution in [0.3, 0.4) is 0 Å². The molecule has 0 spiro atoms. The summed E-state index contributed by atoms with van der Waals surface area (Å²) in [7, 11) is 0. The highest BCUT2D eigenvalue weighted by Gasteiger charge is 2.30. The maximum Gasteiger partial charge on any atom is 0.410 e. The molecule has 16 nitrogen and oxygen atoms in total. The van der Waals surface area contributed by atoms with Gasteiger partial charge in [-0.25, -0.2) is 24.7 Å². The number of nitrogens with one attached hydrogen (secondary N) is 1. The lowest BCUT2D eigenvalue weighted by atomic mass is 9.97. The lowest BCUT2D eigenvalue weighted by Gasteiger charge is -2.33. The lowest BCUT2D eigenvalue weighted by molar-refractivity contribution is 0.0195. The summed E-state index contributed by atoms with van der Waals surface area (Å²) in [4.78, 5) is 39.2. The predicted molar refractivity (Wildman–Crippen MR) is 271 cm³/mol. The fourth-order valence-electron chi connectivity index (χ4n) is 9.04. The Hall–Kier alpha value is -7.20. The average Bonchev–Trinajstić information content (AvgIpc) is 3.40. The number of nitrogens with zero attached hydrogens (tertiary/aromatic N) is 13. The molecule has 3 aliphatic rings. The van der Waals surface area contributed by atoms with Gasteiger partial charge in [0.25, 0.3) is 0 Å². The fraction of sp³-hybridized carbons (Fsp3) is 0.407. The number of aryl methyl sites for hydroxylation is 3. The number of anilines is 1. The summed E-state index contributed by atoms with van der Waals surface area (Å²) < 4.78 is 5.50. The fourth-order valence-corrected chi connectivity index (χ4v) is 9.04. The van der Waals surface area contributed by atoms with Gasteiger partial charge in [0.15, 0.2) is 17.5 Å². The van der Waals surface area contributed by atoms with Gasteiger partial charge in [0.05, 0.1) is 41.9 Å². The monoisotopic (exact) mass is 941 g/mol. The summed E-state index contributed by atoms with van der Waals surface area (Å²) >= 11 is 0. The number of rotatable bonds is 7. The Labute approximate surface area is 411 Å². The molecular formula is C54H64N14O2. The van der Waals surface area contributed by atoms with Crippen LogP contribution >= 0.6 is 0 Å². The first-order chi connectivity index (χ1) is 34.0. The molecule has 16 heteroatoms. The zero-order valence-corrected chi connectivity index (χ0v) is 41.2. The quantitative estimate of drug-likeness (QED) is 0.159. The molecule has 7 aromatic rings. The molecule has 3 fully saturated rings. The molecule has 70 heavy (non-hydrogen) atoms. The summed E-state index contributed by atoms with van der Waals surface area (Å²) in [5.74, 6) is 4.02. The second-order valence-electron chi connectivity index (χ2n) is 19.2. The lowest BCUT2D eigenvalue weighted by Crippen LogP contribution is -2.42. The van der Waals surface area contributed by atoms with E-state index < -0.39 is 5.60 Å². The van der Waals surface area contributed by atoms with E-state index in [0.717, 1.165) is 115 Å². The van der Waals surface area contributed by atoms with Crippen LogP contribution in [0.1, 0.15) is 111 Å². The number of carbonyl (C=O) groups is 1. The number of benzene rings is 3. The summed E-state index contributed by atoms with van der Waals surface area (Å²) in [5, 5.41) is 28.7. The predicted octanol–water partition coefficient (Wildman–Crippen LogP) is 9.30. The number of likely N-dealkylation sites (tertiary alicyclic amines) is 1. The van der Waals surface area contributed by atoms with Crippen molar-refractivity contribution in [1.82, 2.24) is 65.7 Å². The van der Waals surface area contributed by atoms with Gasteiger partial charge >= 0.3 is 6.09 Å². The zero-order chi connectivity index (χ0) is 48.9. The Bertz CT molecular complexity index is 2800. The van der Waals surface area contributed by atoms with Crippen LogP contribution in [0.2, 0.25) is 0 Å². The Morgan fingerprint density at radius 1 is 0.600 bits per heavy atom. The summed E-state index contributed by atoms with van der Waals surface area (Å²) in [6.45, 7) is 17.0. The van der Waals surface area contributed by atoms with E-state index in [-0.39, 0.29) is 17.9 Å². The normalized spacial score (nSPS) is 18.1. The second-order valence-corrected chi connectivity index (χ2v) is 19.2. The molecule has 0 radical (unpaired) electrons. The van der Waals surface area contributed by atoms with E-state index in [9.17, 15) is 4.79 Å². The number of hydrogen-bond donors (Lipinski definition) is 1. The van der Waals surface area contributed by atoms with Gasteiger partial charge in [-0.05, 0) is 103 Å². The number of carbonyl (C=O) groups excluding carboxylic acids is 1. The summed E-state index contributed by atoms with van der Waals surface area (Å²) in [6.07, 6.45) is 16.5. The number of hydrogen-bond acceptors (Lipinski definition) is 15. The van der Waals surface area contributed by atoms with Crippen LogP contribution in [-0.4, -0.2) is 111 Å². The van der Waals surface area contributed by atoms with E-state index in [1.807, 2.05) is 69.4 Å². The molecule has 0 saturated carbocycles. The summed E-state index contributed by atoms with van der Waals surface area (Å²) in [5.41, 5.74) is 9.02. The van der Waals surface area contributed by atoms with Crippen LogP contribution in [0, 0.1) is 20.8 Å². The Kier molecular flexibility index (Phi) is 16.5. The minimum atomic E-state index is -0.493. The van der Waals surface area contributed by atoms with Gasteiger partial charge in [0.2, 0.25) is 0 Å². The van der Waals surface area contributed by atoms with Crippen molar-refractivity contribution < 1.29 is 9.53 Å². The van der Waals surface area contributed by atoms with Crippen LogP contribution < -0.4 is 10.2 Å². The SMILES string of the molecule is Cc1ccccc1-c1cnnc(C2CCCN(C(=O)OC(C)(C)C)C2)n1.Cc1ccccc1-c1cnnc(C2CCCN(c3cnccn3)C2)n1.Cc1ccccc1-c1cnnc(C2CCCNC2)n1. The minimum absolute atomic E-state index is 0.0766. The van der Waals surface area contributed by atoms with Crippen molar-refractivity contribution in [3.8, 4) is 33.8 Å². The van der Waals surface area contributed by atoms with E-state index in [4.69, 9.17) is 19.7 Å². The zero-order valence-electron chi connectivity index (χ0n) is 41.2. The molecule has 3 aromatic carbocycles. The molecule has 3 unspecified atom stereocenters. The molecule has 1 N–H and O–H groups in total. The van der Waals surface area contributed by atoms with Gasteiger partial charge in [-0.1, -0.05) is 72.8 Å². The van der Waals surface area contributed by atoms with Crippen LogP contribution in [0.5, 0.6) is 0 Å². The van der Waals surface area contributed by atoms with Gasteiger partial charge < -0.3 is 19.9 Å².